The zero-order chi connectivity index (χ0) is 12.8. The van der Waals surface area contributed by atoms with Crippen molar-refractivity contribution in [3.05, 3.63) is 30.1 Å². The maximum Gasteiger partial charge on any atom is 0.313 e. The van der Waals surface area contributed by atoms with E-state index in [4.69, 9.17) is 5.11 Å². The third kappa shape index (κ3) is 3.52. The third-order valence-electron chi connectivity index (χ3n) is 2.16. The molecule has 0 atom stereocenters. The van der Waals surface area contributed by atoms with E-state index in [1.165, 1.54) is 0 Å². The van der Waals surface area contributed by atoms with Crippen LogP contribution in [-0.2, 0) is 17.8 Å². The zero-order valence-electron chi connectivity index (χ0n) is 9.43. The van der Waals surface area contributed by atoms with Crippen LogP contribution in [0.25, 0.3) is 0 Å². The highest BCUT2D eigenvalue weighted by atomic mass is 32.2. The predicted molar refractivity (Wildman–Crippen MR) is 64.1 cm³/mol. The van der Waals surface area contributed by atoms with Crippen LogP contribution < -0.4 is 0 Å². The molecule has 94 valence electrons. The number of nitrogens with zero attached hydrogens (tertiary/aromatic N) is 5. The molecule has 8 heteroatoms. The predicted octanol–water partition coefficient (Wildman–Crippen LogP) is 0.487. The van der Waals surface area contributed by atoms with Gasteiger partial charge in [-0.1, -0.05) is 17.8 Å². The molecule has 0 aromatic carbocycles. The number of carboxylic acid groups (broad SMARTS) is 1. The average Bonchev–Trinajstić information content (AvgIpc) is 2.82. The van der Waals surface area contributed by atoms with E-state index in [9.17, 15) is 4.79 Å². The molecule has 0 amide bonds. The summed E-state index contributed by atoms with van der Waals surface area (Å²) < 4.78 is 1.60. The molecule has 2 aromatic rings. The van der Waals surface area contributed by atoms with Gasteiger partial charge in [0, 0.05) is 18.9 Å². The summed E-state index contributed by atoms with van der Waals surface area (Å²) in [6, 6.07) is 3.84. The van der Waals surface area contributed by atoms with Gasteiger partial charge in [-0.05, 0) is 28.5 Å². The smallest absolute Gasteiger partial charge is 0.313 e. The van der Waals surface area contributed by atoms with Crippen LogP contribution in [0.4, 0.5) is 0 Å². The molecule has 18 heavy (non-hydrogen) atoms. The van der Waals surface area contributed by atoms with Crippen molar-refractivity contribution < 1.29 is 9.90 Å². The lowest BCUT2D eigenvalue weighted by molar-refractivity contribution is -0.133. The summed E-state index contributed by atoms with van der Waals surface area (Å²) in [5, 5.41) is 20.3. The molecule has 0 saturated heterocycles. The van der Waals surface area contributed by atoms with Crippen molar-refractivity contribution in [2.45, 2.75) is 18.1 Å². The average molecular weight is 265 g/mol. The van der Waals surface area contributed by atoms with Crippen LogP contribution in [-0.4, -0.2) is 42.0 Å². The van der Waals surface area contributed by atoms with Crippen molar-refractivity contribution in [3.8, 4) is 0 Å². The Hall–Kier alpha value is -1.96. The lowest BCUT2D eigenvalue weighted by atomic mass is 10.2. The van der Waals surface area contributed by atoms with Crippen molar-refractivity contribution in [2.24, 2.45) is 0 Å². The maximum absolute atomic E-state index is 10.5. The topological polar surface area (TPSA) is 93.8 Å². The minimum absolute atomic E-state index is 0.0483. The van der Waals surface area contributed by atoms with Crippen LogP contribution in [0.3, 0.4) is 0 Å². The van der Waals surface area contributed by atoms with E-state index in [1.54, 1.807) is 17.1 Å². The summed E-state index contributed by atoms with van der Waals surface area (Å²) in [5.41, 5.74) is 1.09. The number of hydrogen-bond acceptors (Lipinski definition) is 6. The van der Waals surface area contributed by atoms with Gasteiger partial charge in [-0.25, -0.2) is 4.68 Å². The van der Waals surface area contributed by atoms with Crippen LogP contribution in [0.1, 0.15) is 5.56 Å². The van der Waals surface area contributed by atoms with E-state index in [0.717, 1.165) is 23.7 Å². The van der Waals surface area contributed by atoms with E-state index in [-0.39, 0.29) is 5.75 Å². The van der Waals surface area contributed by atoms with E-state index in [0.29, 0.717) is 11.7 Å². The summed E-state index contributed by atoms with van der Waals surface area (Å²) in [7, 11) is 0. The van der Waals surface area contributed by atoms with Gasteiger partial charge in [0.25, 0.3) is 0 Å². The summed E-state index contributed by atoms with van der Waals surface area (Å²) in [5.74, 6) is -0.936. The van der Waals surface area contributed by atoms with Crippen molar-refractivity contribution in [1.29, 1.82) is 0 Å². The number of aromatic nitrogens is 5. The van der Waals surface area contributed by atoms with Crippen molar-refractivity contribution in [1.82, 2.24) is 25.2 Å². The molecule has 0 radical (unpaired) electrons. The quantitative estimate of drug-likeness (QED) is 0.759. The molecule has 2 aromatic heterocycles. The highest BCUT2D eigenvalue weighted by Crippen LogP contribution is 2.13. The monoisotopic (exact) mass is 265 g/mol. The Labute approximate surface area is 107 Å². The Kier molecular flexibility index (Phi) is 4.24. The van der Waals surface area contributed by atoms with Crippen molar-refractivity contribution in [3.63, 3.8) is 0 Å². The number of hydrogen-bond donors (Lipinski definition) is 1. The molecule has 2 rings (SSSR count). The summed E-state index contributed by atoms with van der Waals surface area (Å²) >= 11 is 1.11. The first-order valence-corrected chi connectivity index (χ1v) is 6.24. The van der Waals surface area contributed by atoms with Crippen molar-refractivity contribution in [2.75, 3.05) is 5.75 Å². The Bertz CT molecular complexity index is 516. The molecule has 0 saturated carbocycles. The van der Waals surface area contributed by atoms with Gasteiger partial charge < -0.3 is 5.11 Å². The number of carbonyl (C=O) groups is 1. The van der Waals surface area contributed by atoms with E-state index < -0.39 is 5.97 Å². The molecule has 7 nitrogen and oxygen atoms in total. The normalized spacial score (nSPS) is 10.4. The molecule has 0 fully saturated rings. The van der Waals surface area contributed by atoms with E-state index >= 15 is 0 Å². The fourth-order valence-electron chi connectivity index (χ4n) is 1.35. The van der Waals surface area contributed by atoms with Gasteiger partial charge in [0.2, 0.25) is 5.16 Å². The second-order valence-electron chi connectivity index (χ2n) is 3.48. The molecule has 0 unspecified atom stereocenters. The number of rotatable bonds is 6. The molecule has 0 bridgehead atoms. The van der Waals surface area contributed by atoms with Gasteiger partial charge in [-0.15, -0.1) is 5.10 Å². The zero-order valence-corrected chi connectivity index (χ0v) is 10.2. The van der Waals surface area contributed by atoms with Gasteiger partial charge in [0.15, 0.2) is 0 Å². The number of thioether (sulfide) groups is 1. The van der Waals surface area contributed by atoms with Crippen LogP contribution in [0.2, 0.25) is 0 Å². The van der Waals surface area contributed by atoms with Gasteiger partial charge in [-0.2, -0.15) is 0 Å². The SMILES string of the molecule is O=C(O)CSc1nnnn1CCc1cccnc1. The first-order chi connectivity index (χ1) is 8.75. The summed E-state index contributed by atoms with van der Waals surface area (Å²) in [6.07, 6.45) is 4.25. The fraction of sp³-hybridized carbons (Fsp3) is 0.300. The molecular formula is C10H11N5O2S. The molecule has 2 heterocycles. The van der Waals surface area contributed by atoms with Crippen LogP contribution >= 0.6 is 11.8 Å². The van der Waals surface area contributed by atoms with E-state index in [2.05, 4.69) is 20.5 Å². The Morgan fingerprint density at radius 2 is 2.39 bits per heavy atom. The maximum atomic E-state index is 10.5. The number of tetrazole rings is 1. The van der Waals surface area contributed by atoms with Gasteiger partial charge in [0.05, 0.1) is 5.75 Å². The molecular weight excluding hydrogens is 254 g/mol. The van der Waals surface area contributed by atoms with Crippen LogP contribution in [0.15, 0.2) is 29.7 Å². The van der Waals surface area contributed by atoms with Crippen LogP contribution in [0.5, 0.6) is 0 Å². The molecule has 1 N–H and O–H groups in total. The second-order valence-corrected chi connectivity index (χ2v) is 4.42. The van der Waals surface area contributed by atoms with E-state index in [1.807, 2.05) is 12.1 Å². The lowest BCUT2D eigenvalue weighted by Crippen LogP contribution is -2.07. The molecule has 0 spiro atoms. The first kappa shape index (κ1) is 12.5. The van der Waals surface area contributed by atoms with Gasteiger partial charge in [0.1, 0.15) is 0 Å². The highest BCUT2D eigenvalue weighted by molar-refractivity contribution is 7.99. The summed E-state index contributed by atoms with van der Waals surface area (Å²) in [6.45, 7) is 0.598. The summed E-state index contributed by atoms with van der Waals surface area (Å²) in [4.78, 5) is 14.5. The molecule has 0 aliphatic rings. The Morgan fingerprint density at radius 1 is 1.50 bits per heavy atom. The fourth-order valence-corrected chi connectivity index (χ4v) is 1.97. The number of aliphatic carboxylic acids is 1. The number of aryl methyl sites for hydroxylation is 2. The largest absolute Gasteiger partial charge is 0.481 e. The Balaban J connectivity index is 1.93. The lowest BCUT2D eigenvalue weighted by Gasteiger charge is -2.03. The molecule has 0 aliphatic heterocycles. The molecule has 0 aliphatic carbocycles. The minimum Gasteiger partial charge on any atom is -0.481 e. The standard InChI is InChI=1S/C10H11N5O2S/c16-9(17)7-18-10-12-13-14-15(10)5-3-8-2-1-4-11-6-8/h1-2,4,6H,3,5,7H2,(H,16,17). The Morgan fingerprint density at radius 3 is 3.11 bits per heavy atom. The van der Waals surface area contributed by atoms with Gasteiger partial charge in [-0.3, -0.25) is 9.78 Å². The first-order valence-electron chi connectivity index (χ1n) is 5.25. The van der Waals surface area contributed by atoms with Gasteiger partial charge >= 0.3 is 5.97 Å². The number of carboxylic acids is 1. The van der Waals surface area contributed by atoms with Crippen molar-refractivity contribution >= 4 is 17.7 Å². The van der Waals surface area contributed by atoms with Crippen LogP contribution in [0, 0.1) is 0 Å². The number of pyridine rings is 1. The highest BCUT2D eigenvalue weighted by Gasteiger charge is 2.08. The minimum atomic E-state index is -0.887. The second kappa shape index (κ2) is 6.10. The third-order valence-corrected chi connectivity index (χ3v) is 3.10.